The summed E-state index contributed by atoms with van der Waals surface area (Å²) in [5, 5.41) is 10.7. The maximum Gasteiger partial charge on any atom is 2.00 e. The molecule has 1 aliphatic rings. The van der Waals surface area contributed by atoms with E-state index in [0.29, 0.717) is 0 Å². The van der Waals surface area contributed by atoms with Crippen LogP contribution < -0.4 is 34.5 Å². The van der Waals surface area contributed by atoms with Gasteiger partial charge in [-0.2, -0.15) is 0 Å². The molecule has 5 heteroatoms. The molecule has 1 atom stereocenters. The van der Waals surface area contributed by atoms with Gasteiger partial charge in [-0.3, -0.25) is 0 Å². The van der Waals surface area contributed by atoms with Gasteiger partial charge in [-0.1, -0.05) is 13.0 Å². The van der Waals surface area contributed by atoms with Crippen LogP contribution in [0.4, 0.5) is 0 Å². The zero-order valence-corrected chi connectivity index (χ0v) is 12.6. The first kappa shape index (κ1) is 23.9. The molecule has 0 fully saturated rings. The van der Waals surface area contributed by atoms with Gasteiger partial charge in [0.05, 0.1) is 0 Å². The van der Waals surface area contributed by atoms with Crippen LogP contribution in [0.1, 0.15) is 6.92 Å². The second-order valence-corrected chi connectivity index (χ2v) is 1.96. The van der Waals surface area contributed by atoms with Crippen molar-refractivity contribution >= 4 is 46.1 Å². The molecule has 0 heterocycles. The van der Waals surface area contributed by atoms with Crippen molar-refractivity contribution in [3.8, 4) is 0 Å². The second-order valence-electron chi connectivity index (χ2n) is 1.96. The van der Waals surface area contributed by atoms with Crippen molar-refractivity contribution in [2.75, 3.05) is 0 Å². The number of rotatable bonds is 1. The summed E-state index contributed by atoms with van der Waals surface area (Å²) in [5.41, 5.74) is 0.734. The zero-order valence-electron chi connectivity index (χ0n) is 7.47. The number of hydrogen-bond donors (Lipinski definition) is 0. The molecule has 13 heavy (non-hydrogen) atoms. The minimum absolute atomic E-state index is 0. The van der Waals surface area contributed by atoms with Gasteiger partial charge in [-0.05, 0) is 0 Å². The maximum atomic E-state index is 10.7. The van der Waals surface area contributed by atoms with Crippen molar-refractivity contribution in [2.45, 2.75) is 13.0 Å². The molecule has 0 aromatic heterocycles. The first-order chi connectivity index (χ1) is 4.30. The molecule has 0 saturated carbocycles. The largest absolute Gasteiger partial charge is 2.00 e. The van der Waals surface area contributed by atoms with Gasteiger partial charge in [0.2, 0.25) is 0 Å². The summed E-state index contributed by atoms with van der Waals surface area (Å²) in [6.07, 6.45) is 9.45. The summed E-state index contributed by atoms with van der Waals surface area (Å²) >= 11 is 0. The van der Waals surface area contributed by atoms with Crippen molar-refractivity contribution in [1.29, 1.82) is 0 Å². The second kappa shape index (κ2) is 13.4. The van der Waals surface area contributed by atoms with Crippen LogP contribution in [0.3, 0.4) is 0 Å². The maximum absolute atomic E-state index is 10.7. The minimum Gasteiger partial charge on any atom is -1.00 e. The zero-order chi connectivity index (χ0) is 6.69. The molecule has 0 bridgehead atoms. The molecule has 0 N–H and O–H groups in total. The predicted octanol–water partition coefficient (Wildman–Crippen LogP) is -6.16. The normalized spacial score (nSPS) is 12.9. The summed E-state index contributed by atoms with van der Waals surface area (Å²) in [5.74, 6) is 0. The van der Waals surface area contributed by atoms with E-state index in [1.165, 1.54) is 0 Å². The third-order valence-electron chi connectivity index (χ3n) is 1.17. The molecule has 0 aromatic rings. The molecule has 0 amide bonds. The third kappa shape index (κ3) is 9.69. The summed E-state index contributed by atoms with van der Waals surface area (Å²) < 4.78 is 0. The van der Waals surface area contributed by atoms with Crippen LogP contribution in [-0.4, -0.2) is 52.2 Å². The standard InChI is InChI=1S/C8H8O.BrH.ClH.2Mg/c1-7(9)8-5-3-2-4-6-8;;;;/h2-5,7H,1H3;2*1H;;/q;;;2*+2/p-2/t7-;;;;/m0..../s1. The van der Waals surface area contributed by atoms with Gasteiger partial charge in [0.1, 0.15) is 11.6 Å². The van der Waals surface area contributed by atoms with Gasteiger partial charge in [0.25, 0.3) is 0 Å². The van der Waals surface area contributed by atoms with Crippen LogP contribution in [0.25, 0.3) is 0 Å². The quantitative estimate of drug-likeness (QED) is 0.347. The monoisotopic (exact) mass is 282 g/mol. The molecule has 0 radical (unpaired) electrons. The van der Waals surface area contributed by atoms with Gasteiger partial charge in [0, 0.05) is 24.3 Å². The van der Waals surface area contributed by atoms with Crippen molar-refractivity contribution < 1.29 is 34.5 Å². The fourth-order valence-electron chi connectivity index (χ4n) is 0.660. The van der Waals surface area contributed by atoms with Gasteiger partial charge in [0.15, 0.2) is 0 Å². The van der Waals surface area contributed by atoms with Crippen LogP contribution >= 0.6 is 0 Å². The summed E-state index contributed by atoms with van der Waals surface area (Å²) in [6, 6.07) is 0. The van der Waals surface area contributed by atoms with Gasteiger partial charge in [-0.15, -0.1) is 0 Å². The number of halogens is 2. The topological polar surface area (TPSA) is 23.1 Å². The van der Waals surface area contributed by atoms with E-state index in [4.69, 9.17) is 0 Å². The Kier molecular flexibility index (Phi) is 24.6. The Balaban J connectivity index is -0.000000101. The van der Waals surface area contributed by atoms with E-state index in [1.54, 1.807) is 19.1 Å². The predicted molar refractivity (Wildman–Crippen MR) is 46.0 cm³/mol. The van der Waals surface area contributed by atoms with Gasteiger partial charge in [-0.25, -0.2) is 0 Å². The fraction of sp³-hybridized carbons (Fsp3) is 0.250. The third-order valence-corrected chi connectivity index (χ3v) is 1.17. The van der Waals surface area contributed by atoms with Gasteiger partial charge >= 0.3 is 46.1 Å². The van der Waals surface area contributed by atoms with Crippen molar-refractivity contribution in [1.82, 2.24) is 0 Å². The molecule has 0 spiro atoms. The molecule has 1 rings (SSSR count). The van der Waals surface area contributed by atoms with E-state index in [2.05, 4.69) is 6.08 Å². The van der Waals surface area contributed by atoms with Crippen molar-refractivity contribution in [3.63, 3.8) is 0 Å². The Morgan fingerprint density at radius 3 is 2.08 bits per heavy atom. The molecule has 1 nitrogen and oxygen atoms in total. The average molecular weight is 284 g/mol. The van der Waals surface area contributed by atoms with E-state index in [-0.39, 0.29) is 75.5 Å². The van der Waals surface area contributed by atoms with Crippen LogP contribution in [0.2, 0.25) is 0 Å². The van der Waals surface area contributed by atoms with Crippen LogP contribution in [0, 0.1) is 6.08 Å². The molecule has 1 aliphatic carbocycles. The molecule has 0 saturated heterocycles. The Morgan fingerprint density at radius 2 is 1.85 bits per heavy atom. The van der Waals surface area contributed by atoms with Crippen molar-refractivity contribution in [2.24, 2.45) is 0 Å². The van der Waals surface area contributed by atoms with Crippen LogP contribution in [0.15, 0.2) is 29.9 Å². The molecular weight excluding hydrogens is 276 g/mol. The van der Waals surface area contributed by atoms with Crippen LogP contribution in [0.5, 0.6) is 0 Å². The Morgan fingerprint density at radius 1 is 1.31 bits per heavy atom. The Bertz CT molecular complexity index is 191. The van der Waals surface area contributed by atoms with E-state index in [9.17, 15) is 5.11 Å². The summed E-state index contributed by atoms with van der Waals surface area (Å²) in [7, 11) is 0. The Hall–Kier alpha value is 1.39. The fourth-order valence-corrected chi connectivity index (χ4v) is 0.660. The molecule has 0 aromatic carbocycles. The van der Waals surface area contributed by atoms with Crippen molar-refractivity contribution in [3.05, 3.63) is 36.0 Å². The van der Waals surface area contributed by atoms with E-state index < -0.39 is 6.10 Å². The first-order valence-corrected chi connectivity index (χ1v) is 2.93. The van der Waals surface area contributed by atoms with Gasteiger partial charge < -0.3 is 34.5 Å². The molecule has 0 aliphatic heterocycles. The Labute approximate surface area is 128 Å². The molecule has 62 valence electrons. The summed E-state index contributed by atoms with van der Waals surface area (Å²) in [6.45, 7) is 1.62. The number of hydrogen-bond acceptors (Lipinski definition) is 1. The summed E-state index contributed by atoms with van der Waals surface area (Å²) in [4.78, 5) is 0. The van der Waals surface area contributed by atoms with E-state index in [1.807, 2.05) is 12.2 Å². The smallest absolute Gasteiger partial charge is 1.00 e. The number of allylic oxidation sites excluding steroid dienone is 4. The minimum atomic E-state index is -0.647. The average Bonchev–Trinajstić information content (AvgIpc) is 1.90. The SMILES string of the molecule is C[C@H]([O-])C1=CC=CC=[C+]1.[Br-].[Cl-].[Mg+2].[Mg+2]. The van der Waals surface area contributed by atoms with E-state index in [0.717, 1.165) is 5.57 Å². The molecular formula is C8H8BrClMg2O+2. The first-order valence-electron chi connectivity index (χ1n) is 2.93. The van der Waals surface area contributed by atoms with E-state index >= 15 is 0 Å². The van der Waals surface area contributed by atoms with Crippen LogP contribution in [-0.2, 0) is 0 Å². The molecule has 0 unspecified atom stereocenters.